The average Bonchev–Trinajstić information content (AvgIpc) is 2.59. The van der Waals surface area contributed by atoms with Gasteiger partial charge >= 0.3 is 0 Å². The number of hydrogen-bond donors (Lipinski definition) is 1. The largest absolute Gasteiger partial charge is 0.298 e. The van der Waals surface area contributed by atoms with Gasteiger partial charge in [0.1, 0.15) is 0 Å². The van der Waals surface area contributed by atoms with Crippen LogP contribution in [0.15, 0.2) is 48.5 Å². The van der Waals surface area contributed by atoms with E-state index in [1.165, 1.54) is 12.0 Å². The van der Waals surface area contributed by atoms with Crippen molar-refractivity contribution in [2.75, 3.05) is 13.1 Å². The highest BCUT2D eigenvalue weighted by Gasteiger charge is 2.27. The molecule has 2 atom stereocenters. The summed E-state index contributed by atoms with van der Waals surface area (Å²) in [4.78, 5) is 2.52. The van der Waals surface area contributed by atoms with Crippen LogP contribution in [0.4, 0.5) is 0 Å². The molecule has 0 saturated carbocycles. The van der Waals surface area contributed by atoms with Crippen LogP contribution in [0, 0.1) is 0 Å². The Hall–Kier alpha value is -0.480. The zero-order valence-electron chi connectivity index (χ0n) is 14.8. The van der Waals surface area contributed by atoms with E-state index in [4.69, 9.17) is 23.2 Å². The second-order valence-corrected chi connectivity index (χ2v) is 7.31. The van der Waals surface area contributed by atoms with E-state index in [-0.39, 0.29) is 24.8 Å². The van der Waals surface area contributed by atoms with Crippen molar-refractivity contribution in [3.8, 4) is 0 Å². The summed E-state index contributed by atoms with van der Waals surface area (Å²) in [5.74, 6) is 0.620. The fraction of sp³-hybridized carbons (Fsp3) is 0.400. The Labute approximate surface area is 179 Å². The Bertz CT molecular complexity index is 646. The lowest BCUT2D eigenvalue weighted by molar-refractivity contribution is 0.113. The zero-order valence-corrected chi connectivity index (χ0v) is 18.0. The van der Waals surface area contributed by atoms with E-state index in [0.29, 0.717) is 22.1 Å². The van der Waals surface area contributed by atoms with Crippen LogP contribution in [0.1, 0.15) is 36.8 Å². The molecule has 0 spiro atoms. The Kier molecular flexibility index (Phi) is 10.3. The SMILES string of the molecule is CCN1CC[C@@H](c2ccccc2)CC1NCc1cc(Cl)cc(Cl)c1.Cl.Cl. The first-order valence-corrected chi connectivity index (χ1v) is 9.38. The molecule has 1 aliphatic heterocycles. The van der Waals surface area contributed by atoms with Crippen LogP contribution < -0.4 is 5.32 Å². The first-order chi connectivity index (χ1) is 11.7. The lowest BCUT2D eigenvalue weighted by atomic mass is 9.87. The molecule has 0 radical (unpaired) electrons. The van der Waals surface area contributed by atoms with Gasteiger partial charge in [0, 0.05) is 23.1 Å². The fourth-order valence-electron chi connectivity index (χ4n) is 3.58. The van der Waals surface area contributed by atoms with Crippen LogP contribution in [0.2, 0.25) is 10.0 Å². The maximum Gasteiger partial charge on any atom is 0.0605 e. The summed E-state index contributed by atoms with van der Waals surface area (Å²) in [5.41, 5.74) is 2.58. The maximum atomic E-state index is 6.11. The van der Waals surface area contributed by atoms with Gasteiger partial charge in [-0.1, -0.05) is 60.5 Å². The van der Waals surface area contributed by atoms with Gasteiger partial charge in [0.2, 0.25) is 0 Å². The molecule has 0 aliphatic carbocycles. The summed E-state index contributed by atoms with van der Waals surface area (Å²) in [6.07, 6.45) is 2.73. The average molecular weight is 436 g/mol. The monoisotopic (exact) mass is 434 g/mol. The topological polar surface area (TPSA) is 15.3 Å². The lowest BCUT2D eigenvalue weighted by Crippen LogP contribution is -2.49. The maximum absolute atomic E-state index is 6.11. The number of piperidine rings is 1. The van der Waals surface area contributed by atoms with Gasteiger partial charge in [-0.3, -0.25) is 10.2 Å². The van der Waals surface area contributed by atoms with Crippen molar-refractivity contribution in [3.05, 3.63) is 69.7 Å². The highest BCUT2D eigenvalue weighted by atomic mass is 35.5. The van der Waals surface area contributed by atoms with Crippen LogP contribution >= 0.6 is 48.0 Å². The summed E-state index contributed by atoms with van der Waals surface area (Å²) >= 11 is 12.2. The van der Waals surface area contributed by atoms with Gasteiger partial charge in [-0.25, -0.2) is 0 Å². The third kappa shape index (κ3) is 6.30. The van der Waals surface area contributed by atoms with Crippen molar-refractivity contribution in [2.24, 2.45) is 0 Å². The molecule has 0 aromatic heterocycles. The third-order valence-corrected chi connectivity index (χ3v) is 5.29. The molecule has 1 saturated heterocycles. The molecule has 3 rings (SSSR count). The van der Waals surface area contributed by atoms with Gasteiger partial charge in [-0.05, 0) is 54.6 Å². The minimum Gasteiger partial charge on any atom is -0.298 e. The normalized spacial score (nSPS) is 20.1. The van der Waals surface area contributed by atoms with E-state index in [0.717, 1.165) is 31.6 Å². The van der Waals surface area contributed by atoms with E-state index >= 15 is 0 Å². The van der Waals surface area contributed by atoms with Crippen LogP contribution in [0.5, 0.6) is 0 Å². The fourth-order valence-corrected chi connectivity index (χ4v) is 4.15. The minimum absolute atomic E-state index is 0. The highest BCUT2D eigenvalue weighted by molar-refractivity contribution is 6.34. The zero-order chi connectivity index (χ0) is 16.9. The van der Waals surface area contributed by atoms with Crippen molar-refractivity contribution in [1.82, 2.24) is 10.2 Å². The van der Waals surface area contributed by atoms with E-state index in [2.05, 4.69) is 47.5 Å². The molecule has 1 N–H and O–H groups in total. The van der Waals surface area contributed by atoms with Gasteiger partial charge in [0.15, 0.2) is 0 Å². The third-order valence-electron chi connectivity index (χ3n) is 4.85. The van der Waals surface area contributed by atoms with Crippen LogP contribution in [-0.4, -0.2) is 24.2 Å². The Morgan fingerprint density at radius 1 is 1.04 bits per heavy atom. The Balaban J connectivity index is 0.00000169. The predicted octanol–water partition coefficient (Wildman–Crippen LogP) is 6.15. The molecule has 1 unspecified atom stereocenters. The molecule has 2 aromatic rings. The second kappa shape index (κ2) is 11.4. The first kappa shape index (κ1) is 23.6. The Morgan fingerprint density at radius 2 is 1.69 bits per heavy atom. The van der Waals surface area contributed by atoms with E-state index in [1.54, 1.807) is 6.07 Å². The molecular weight excluding hydrogens is 410 g/mol. The summed E-state index contributed by atoms with van der Waals surface area (Å²) in [6.45, 7) is 5.20. The molecule has 0 amide bonds. The number of nitrogens with zero attached hydrogens (tertiary/aromatic N) is 1. The van der Waals surface area contributed by atoms with Crippen molar-refractivity contribution < 1.29 is 0 Å². The molecule has 2 aromatic carbocycles. The van der Waals surface area contributed by atoms with E-state index < -0.39 is 0 Å². The van der Waals surface area contributed by atoms with Crippen LogP contribution in [0.25, 0.3) is 0 Å². The molecule has 2 nitrogen and oxygen atoms in total. The van der Waals surface area contributed by atoms with E-state index in [1.807, 2.05) is 12.1 Å². The van der Waals surface area contributed by atoms with Crippen molar-refractivity contribution in [3.63, 3.8) is 0 Å². The first-order valence-electron chi connectivity index (χ1n) is 8.63. The molecule has 1 heterocycles. The van der Waals surface area contributed by atoms with Crippen LogP contribution in [0.3, 0.4) is 0 Å². The van der Waals surface area contributed by atoms with Gasteiger partial charge in [-0.2, -0.15) is 0 Å². The molecule has 1 fully saturated rings. The molecule has 6 heteroatoms. The minimum atomic E-state index is 0. The summed E-state index contributed by atoms with van der Waals surface area (Å²) in [6, 6.07) is 16.6. The standard InChI is InChI=1S/C20H24Cl2N2.2ClH/c1-2-24-9-8-17(16-6-4-3-5-7-16)12-20(24)23-14-15-10-18(21)13-19(22)11-15;;/h3-7,10-11,13,17,20,23H,2,8-9,12,14H2,1H3;2*1H/t17-,20?;;/m1../s1. The lowest BCUT2D eigenvalue weighted by Gasteiger charge is -2.39. The van der Waals surface area contributed by atoms with Crippen molar-refractivity contribution >= 4 is 48.0 Å². The van der Waals surface area contributed by atoms with Gasteiger partial charge in [-0.15, -0.1) is 24.8 Å². The van der Waals surface area contributed by atoms with E-state index in [9.17, 15) is 0 Å². The number of likely N-dealkylation sites (tertiary alicyclic amines) is 1. The summed E-state index contributed by atoms with van der Waals surface area (Å²) in [5, 5.41) is 5.09. The molecule has 144 valence electrons. The molecular formula is C20H26Cl4N2. The van der Waals surface area contributed by atoms with Gasteiger partial charge in [0.05, 0.1) is 6.17 Å². The van der Waals surface area contributed by atoms with Gasteiger partial charge < -0.3 is 0 Å². The van der Waals surface area contributed by atoms with Crippen molar-refractivity contribution in [1.29, 1.82) is 0 Å². The Morgan fingerprint density at radius 3 is 2.31 bits per heavy atom. The summed E-state index contributed by atoms with van der Waals surface area (Å²) in [7, 11) is 0. The smallest absolute Gasteiger partial charge is 0.0605 e. The van der Waals surface area contributed by atoms with Crippen molar-refractivity contribution in [2.45, 2.75) is 38.4 Å². The number of benzene rings is 2. The number of nitrogens with one attached hydrogen (secondary N) is 1. The number of rotatable bonds is 5. The molecule has 26 heavy (non-hydrogen) atoms. The number of halogens is 4. The van der Waals surface area contributed by atoms with Crippen LogP contribution in [-0.2, 0) is 6.54 Å². The summed E-state index contributed by atoms with van der Waals surface area (Å²) < 4.78 is 0. The molecule has 1 aliphatic rings. The number of hydrogen-bond acceptors (Lipinski definition) is 2. The highest BCUT2D eigenvalue weighted by Crippen LogP contribution is 2.30. The predicted molar refractivity (Wildman–Crippen MR) is 117 cm³/mol. The van der Waals surface area contributed by atoms with Gasteiger partial charge in [0.25, 0.3) is 0 Å². The second-order valence-electron chi connectivity index (χ2n) is 6.43. The molecule has 0 bridgehead atoms. The quantitative estimate of drug-likeness (QED) is 0.605.